The monoisotopic (exact) mass is 224 g/mol. The molecule has 1 aromatic rings. The molecule has 0 aliphatic carbocycles. The lowest BCUT2D eigenvalue weighted by Crippen LogP contribution is -2.35. The van der Waals surface area contributed by atoms with Gasteiger partial charge in [-0.05, 0) is 26.0 Å². The van der Waals surface area contributed by atoms with Crippen LogP contribution in [0.2, 0.25) is 0 Å². The molecule has 1 N–H and O–H groups in total. The van der Waals surface area contributed by atoms with Crippen molar-refractivity contribution in [3.05, 3.63) is 23.7 Å². The molecule has 0 saturated carbocycles. The lowest BCUT2D eigenvalue weighted by molar-refractivity contribution is -0.129. The Morgan fingerprint density at radius 2 is 2.31 bits per heavy atom. The van der Waals surface area contributed by atoms with E-state index < -0.39 is 0 Å². The van der Waals surface area contributed by atoms with E-state index in [9.17, 15) is 4.79 Å². The van der Waals surface area contributed by atoms with Gasteiger partial charge in [-0.15, -0.1) is 0 Å². The lowest BCUT2D eigenvalue weighted by atomic mass is 10.2. The summed E-state index contributed by atoms with van der Waals surface area (Å²) in [5.41, 5.74) is 1.06. The van der Waals surface area contributed by atoms with E-state index in [4.69, 9.17) is 4.42 Å². The van der Waals surface area contributed by atoms with Gasteiger partial charge in [-0.1, -0.05) is 6.92 Å². The molecule has 1 aromatic heterocycles. The van der Waals surface area contributed by atoms with Crippen LogP contribution in [0.4, 0.5) is 0 Å². The SMILES string of the molecule is CCCNCC(=O)N(C)Cc1ccoc1C. The molecule has 16 heavy (non-hydrogen) atoms. The molecule has 0 aromatic carbocycles. The predicted molar refractivity (Wildman–Crippen MR) is 63.1 cm³/mol. The molecule has 0 bridgehead atoms. The van der Waals surface area contributed by atoms with Crippen LogP contribution in [0.3, 0.4) is 0 Å². The fourth-order valence-corrected chi connectivity index (χ4v) is 1.43. The second kappa shape index (κ2) is 6.33. The number of rotatable bonds is 6. The maximum Gasteiger partial charge on any atom is 0.236 e. The molecule has 4 nitrogen and oxygen atoms in total. The Bertz CT molecular complexity index is 334. The van der Waals surface area contributed by atoms with Crippen molar-refractivity contribution in [3.8, 4) is 0 Å². The second-order valence-electron chi connectivity index (χ2n) is 3.93. The number of carbonyl (C=O) groups excluding carboxylic acids is 1. The number of furan rings is 1. The highest BCUT2D eigenvalue weighted by atomic mass is 16.3. The highest BCUT2D eigenvalue weighted by Gasteiger charge is 2.10. The van der Waals surface area contributed by atoms with Crippen LogP contribution >= 0.6 is 0 Å². The quantitative estimate of drug-likeness (QED) is 0.746. The van der Waals surface area contributed by atoms with Gasteiger partial charge in [0.2, 0.25) is 5.91 Å². The minimum absolute atomic E-state index is 0.106. The zero-order valence-electron chi connectivity index (χ0n) is 10.2. The average Bonchev–Trinajstić information content (AvgIpc) is 2.64. The molecule has 0 fully saturated rings. The lowest BCUT2D eigenvalue weighted by Gasteiger charge is -2.16. The van der Waals surface area contributed by atoms with Crippen molar-refractivity contribution in [1.29, 1.82) is 0 Å². The summed E-state index contributed by atoms with van der Waals surface area (Å²) in [6.45, 7) is 5.87. The van der Waals surface area contributed by atoms with Gasteiger partial charge in [0.05, 0.1) is 12.8 Å². The van der Waals surface area contributed by atoms with Gasteiger partial charge in [-0.2, -0.15) is 0 Å². The fourth-order valence-electron chi connectivity index (χ4n) is 1.43. The van der Waals surface area contributed by atoms with E-state index >= 15 is 0 Å². The number of aryl methyl sites for hydroxylation is 1. The maximum absolute atomic E-state index is 11.7. The van der Waals surface area contributed by atoms with Crippen molar-refractivity contribution in [2.45, 2.75) is 26.8 Å². The third-order valence-corrected chi connectivity index (χ3v) is 2.50. The minimum Gasteiger partial charge on any atom is -0.469 e. The zero-order valence-corrected chi connectivity index (χ0v) is 10.2. The summed E-state index contributed by atoms with van der Waals surface area (Å²) in [6.07, 6.45) is 2.69. The molecular weight excluding hydrogens is 204 g/mol. The molecule has 0 spiro atoms. The Labute approximate surface area is 96.6 Å². The van der Waals surface area contributed by atoms with Crippen molar-refractivity contribution in [1.82, 2.24) is 10.2 Å². The first kappa shape index (κ1) is 12.8. The van der Waals surface area contributed by atoms with Crippen molar-refractivity contribution < 1.29 is 9.21 Å². The third-order valence-electron chi connectivity index (χ3n) is 2.50. The molecule has 1 rings (SSSR count). The van der Waals surface area contributed by atoms with Crippen molar-refractivity contribution in [3.63, 3.8) is 0 Å². The summed E-state index contributed by atoms with van der Waals surface area (Å²) < 4.78 is 5.19. The molecule has 0 radical (unpaired) electrons. The van der Waals surface area contributed by atoms with Gasteiger partial charge < -0.3 is 14.6 Å². The van der Waals surface area contributed by atoms with E-state index in [0.29, 0.717) is 13.1 Å². The van der Waals surface area contributed by atoms with Crippen molar-refractivity contribution in [2.24, 2.45) is 0 Å². The van der Waals surface area contributed by atoms with Crippen LogP contribution < -0.4 is 5.32 Å². The Hall–Kier alpha value is -1.29. The highest BCUT2D eigenvalue weighted by molar-refractivity contribution is 5.77. The number of amides is 1. The first-order valence-corrected chi connectivity index (χ1v) is 5.62. The first-order chi connectivity index (χ1) is 7.65. The Morgan fingerprint density at radius 3 is 2.88 bits per heavy atom. The van der Waals surface area contributed by atoms with Crippen LogP contribution in [-0.4, -0.2) is 30.9 Å². The highest BCUT2D eigenvalue weighted by Crippen LogP contribution is 2.10. The molecule has 1 heterocycles. The largest absolute Gasteiger partial charge is 0.469 e. The summed E-state index contributed by atoms with van der Waals surface area (Å²) in [4.78, 5) is 13.4. The Kier molecular flexibility index (Phi) is 5.05. The second-order valence-corrected chi connectivity index (χ2v) is 3.93. The summed E-state index contributed by atoms with van der Waals surface area (Å²) in [5, 5.41) is 3.10. The van der Waals surface area contributed by atoms with E-state index in [1.54, 1.807) is 11.2 Å². The molecule has 90 valence electrons. The number of nitrogens with one attached hydrogen (secondary N) is 1. The van der Waals surface area contributed by atoms with Gasteiger partial charge >= 0.3 is 0 Å². The van der Waals surface area contributed by atoms with Gasteiger partial charge in [-0.25, -0.2) is 0 Å². The number of hydrogen-bond donors (Lipinski definition) is 1. The van der Waals surface area contributed by atoms with Gasteiger partial charge in [-0.3, -0.25) is 4.79 Å². The van der Waals surface area contributed by atoms with Crippen LogP contribution in [-0.2, 0) is 11.3 Å². The molecule has 0 aliphatic rings. The molecule has 4 heteroatoms. The van der Waals surface area contributed by atoms with Gasteiger partial charge in [0.1, 0.15) is 5.76 Å². The minimum atomic E-state index is 0.106. The summed E-state index contributed by atoms with van der Waals surface area (Å²) >= 11 is 0. The zero-order chi connectivity index (χ0) is 12.0. The van der Waals surface area contributed by atoms with E-state index in [0.717, 1.165) is 24.3 Å². The van der Waals surface area contributed by atoms with Crippen molar-refractivity contribution in [2.75, 3.05) is 20.1 Å². The van der Waals surface area contributed by atoms with E-state index in [-0.39, 0.29) is 5.91 Å². The molecule has 0 unspecified atom stereocenters. The third kappa shape index (κ3) is 3.70. The average molecular weight is 224 g/mol. The molecule has 0 atom stereocenters. The van der Waals surface area contributed by atoms with Crippen LogP contribution in [0.1, 0.15) is 24.7 Å². The van der Waals surface area contributed by atoms with Crippen LogP contribution in [0.15, 0.2) is 16.7 Å². The molecule has 0 aliphatic heterocycles. The van der Waals surface area contributed by atoms with Crippen LogP contribution in [0.5, 0.6) is 0 Å². The summed E-state index contributed by atoms with van der Waals surface area (Å²) in [7, 11) is 1.81. The molecular formula is C12H20N2O2. The van der Waals surface area contributed by atoms with Crippen molar-refractivity contribution >= 4 is 5.91 Å². The smallest absolute Gasteiger partial charge is 0.236 e. The molecule has 0 saturated heterocycles. The standard InChI is InChI=1S/C12H20N2O2/c1-4-6-13-8-12(15)14(3)9-11-5-7-16-10(11)2/h5,7,13H,4,6,8-9H2,1-3H3. The van der Waals surface area contributed by atoms with Gasteiger partial charge in [0.15, 0.2) is 0 Å². The number of carbonyl (C=O) groups is 1. The van der Waals surface area contributed by atoms with Gasteiger partial charge in [0.25, 0.3) is 0 Å². The molecule has 1 amide bonds. The van der Waals surface area contributed by atoms with Crippen LogP contribution in [0.25, 0.3) is 0 Å². The van der Waals surface area contributed by atoms with E-state index in [2.05, 4.69) is 12.2 Å². The first-order valence-electron chi connectivity index (χ1n) is 5.62. The van der Waals surface area contributed by atoms with E-state index in [1.807, 2.05) is 20.0 Å². The predicted octanol–water partition coefficient (Wildman–Crippen LogP) is 1.55. The topological polar surface area (TPSA) is 45.5 Å². The number of nitrogens with zero attached hydrogens (tertiary/aromatic N) is 1. The summed E-state index contributed by atoms with van der Waals surface area (Å²) in [6, 6.07) is 1.90. The Balaban J connectivity index is 2.37. The summed E-state index contributed by atoms with van der Waals surface area (Å²) in [5.74, 6) is 0.982. The number of likely N-dealkylation sites (N-methyl/N-ethyl adjacent to an activating group) is 1. The van der Waals surface area contributed by atoms with Crippen LogP contribution in [0, 0.1) is 6.92 Å². The number of hydrogen-bond acceptors (Lipinski definition) is 3. The normalized spacial score (nSPS) is 10.4. The van der Waals surface area contributed by atoms with Gasteiger partial charge in [0, 0.05) is 19.2 Å². The van der Waals surface area contributed by atoms with E-state index in [1.165, 1.54) is 0 Å². The Morgan fingerprint density at radius 1 is 1.56 bits per heavy atom. The maximum atomic E-state index is 11.7. The fraction of sp³-hybridized carbons (Fsp3) is 0.583.